The zero-order valence-corrected chi connectivity index (χ0v) is 18.3. The molecule has 10 heteroatoms. The number of carbonyl (C=O) groups excluding carboxylic acids is 2. The number of benzene rings is 1. The predicted octanol–water partition coefficient (Wildman–Crippen LogP) is 2.60. The molecule has 4 rings (SSSR count). The van der Waals surface area contributed by atoms with Gasteiger partial charge in [-0.2, -0.15) is 4.98 Å². The summed E-state index contributed by atoms with van der Waals surface area (Å²) in [6.45, 7) is 5.74. The lowest BCUT2D eigenvalue weighted by atomic mass is 10.1. The van der Waals surface area contributed by atoms with Crippen molar-refractivity contribution in [3.05, 3.63) is 57.5 Å². The molecule has 1 unspecified atom stereocenters. The molecule has 0 saturated heterocycles. The largest absolute Gasteiger partial charge is 0.501 e. The van der Waals surface area contributed by atoms with Gasteiger partial charge in [-0.15, -0.1) is 0 Å². The quantitative estimate of drug-likeness (QED) is 0.780. The Morgan fingerprint density at radius 1 is 1.28 bits per heavy atom. The number of rotatable bonds is 3. The molecule has 0 bridgehead atoms. The highest BCUT2D eigenvalue weighted by atomic mass is 19.1. The van der Waals surface area contributed by atoms with Crippen molar-refractivity contribution in [2.24, 2.45) is 0 Å². The maximum atomic E-state index is 13.2. The highest BCUT2D eigenvalue weighted by Gasteiger charge is 2.45. The topological polar surface area (TPSA) is 105 Å². The molecule has 170 valence electrons. The number of carbonyl (C=O) groups is 2. The number of ether oxygens (including phenoxy) is 1. The maximum Gasteiger partial charge on any atom is 0.410 e. The molecule has 2 amide bonds. The second-order valence-electron chi connectivity index (χ2n) is 9.15. The Kier molecular flexibility index (Phi) is 5.18. The predicted molar refractivity (Wildman–Crippen MR) is 112 cm³/mol. The highest BCUT2D eigenvalue weighted by molar-refractivity contribution is 5.96. The minimum Gasteiger partial charge on any atom is -0.501 e. The van der Waals surface area contributed by atoms with E-state index in [1.807, 2.05) is 0 Å². The van der Waals surface area contributed by atoms with E-state index in [1.54, 1.807) is 44.5 Å². The van der Waals surface area contributed by atoms with Gasteiger partial charge in [-0.1, -0.05) is 12.1 Å². The third-order valence-electron chi connectivity index (χ3n) is 5.65. The van der Waals surface area contributed by atoms with Crippen LogP contribution < -0.4 is 5.56 Å². The summed E-state index contributed by atoms with van der Waals surface area (Å²) in [6.07, 6.45) is -0.182. The standard InChI is InChI=1S/C22H25FN4O5/c1-22(2,3)32-21(31)25(4)15-9-14-11-26(10-12-5-7-13(23)8-6-12)20(30)16-17(28)19(29)24-18(15)27(14)16/h5-8,14-15,28H,9-11H2,1-4H3/t14?,15-/m1/s1. The van der Waals surface area contributed by atoms with Crippen molar-refractivity contribution in [2.45, 2.75) is 51.4 Å². The molecule has 0 saturated carbocycles. The molecule has 1 N–H and O–H groups in total. The molecule has 0 aliphatic carbocycles. The van der Waals surface area contributed by atoms with E-state index in [0.717, 1.165) is 0 Å². The Bertz CT molecular complexity index is 1140. The molecule has 2 atom stereocenters. The van der Waals surface area contributed by atoms with Crippen molar-refractivity contribution in [1.82, 2.24) is 19.4 Å². The van der Waals surface area contributed by atoms with Crippen molar-refractivity contribution in [3.63, 3.8) is 0 Å². The van der Waals surface area contributed by atoms with Crippen LogP contribution in [0.15, 0.2) is 29.1 Å². The van der Waals surface area contributed by atoms with Crippen LogP contribution in [-0.4, -0.2) is 55.7 Å². The van der Waals surface area contributed by atoms with Crippen LogP contribution in [0.25, 0.3) is 0 Å². The fourth-order valence-corrected chi connectivity index (χ4v) is 4.20. The molecular weight excluding hydrogens is 419 g/mol. The van der Waals surface area contributed by atoms with Gasteiger partial charge < -0.3 is 24.2 Å². The highest BCUT2D eigenvalue weighted by Crippen LogP contribution is 2.42. The first kappa shape index (κ1) is 21.8. The van der Waals surface area contributed by atoms with Gasteiger partial charge >= 0.3 is 11.7 Å². The smallest absolute Gasteiger partial charge is 0.410 e. The van der Waals surface area contributed by atoms with Crippen molar-refractivity contribution < 1.29 is 23.8 Å². The summed E-state index contributed by atoms with van der Waals surface area (Å²) in [6, 6.07) is 4.88. The van der Waals surface area contributed by atoms with Gasteiger partial charge in [0, 0.05) is 20.1 Å². The summed E-state index contributed by atoms with van der Waals surface area (Å²) in [5, 5.41) is 10.4. The van der Waals surface area contributed by atoms with Crippen molar-refractivity contribution >= 4 is 12.0 Å². The number of amides is 2. The Morgan fingerprint density at radius 3 is 2.56 bits per heavy atom. The van der Waals surface area contributed by atoms with Gasteiger partial charge in [0.25, 0.3) is 5.91 Å². The second-order valence-corrected chi connectivity index (χ2v) is 9.15. The maximum absolute atomic E-state index is 13.2. The number of nitrogens with zero attached hydrogens (tertiary/aromatic N) is 4. The third kappa shape index (κ3) is 3.80. The van der Waals surface area contributed by atoms with Crippen LogP contribution in [0, 0.1) is 5.82 Å². The number of aromatic hydroxyl groups is 1. The average Bonchev–Trinajstić information content (AvgIpc) is 3.05. The summed E-state index contributed by atoms with van der Waals surface area (Å²) in [5.41, 5.74) is -1.05. The van der Waals surface area contributed by atoms with Gasteiger partial charge in [-0.05, 0) is 44.9 Å². The van der Waals surface area contributed by atoms with Crippen molar-refractivity contribution in [1.29, 1.82) is 0 Å². The summed E-state index contributed by atoms with van der Waals surface area (Å²) in [7, 11) is 1.56. The Labute approximate surface area is 184 Å². The Hall–Kier alpha value is -3.43. The summed E-state index contributed by atoms with van der Waals surface area (Å²) in [5.74, 6) is -1.37. The third-order valence-corrected chi connectivity index (χ3v) is 5.65. The fraction of sp³-hybridized carbons (Fsp3) is 0.455. The van der Waals surface area contributed by atoms with Crippen LogP contribution in [0.5, 0.6) is 5.75 Å². The number of aromatic nitrogens is 2. The van der Waals surface area contributed by atoms with E-state index in [9.17, 15) is 23.9 Å². The van der Waals surface area contributed by atoms with Crippen LogP contribution in [0.3, 0.4) is 0 Å². The van der Waals surface area contributed by atoms with E-state index in [-0.39, 0.29) is 29.9 Å². The van der Waals surface area contributed by atoms with Gasteiger partial charge in [0.15, 0.2) is 5.69 Å². The molecule has 2 aliphatic heterocycles. The molecule has 2 aliphatic rings. The van der Waals surface area contributed by atoms with E-state index in [1.165, 1.54) is 21.9 Å². The molecule has 32 heavy (non-hydrogen) atoms. The second kappa shape index (κ2) is 7.61. The minimum atomic E-state index is -0.925. The molecule has 3 heterocycles. The zero-order chi connectivity index (χ0) is 23.4. The van der Waals surface area contributed by atoms with Crippen LogP contribution in [0.2, 0.25) is 0 Å². The summed E-state index contributed by atoms with van der Waals surface area (Å²) < 4.78 is 20.2. The molecule has 0 radical (unpaired) electrons. The van der Waals surface area contributed by atoms with E-state index in [0.29, 0.717) is 18.5 Å². The Morgan fingerprint density at radius 2 is 1.94 bits per heavy atom. The lowest BCUT2D eigenvalue weighted by Crippen LogP contribution is -2.43. The summed E-state index contributed by atoms with van der Waals surface area (Å²) in [4.78, 5) is 45.0. The van der Waals surface area contributed by atoms with Gasteiger partial charge in [0.05, 0.1) is 12.1 Å². The Balaban J connectivity index is 1.69. The van der Waals surface area contributed by atoms with Gasteiger partial charge in [-0.3, -0.25) is 9.59 Å². The molecule has 0 fully saturated rings. The van der Waals surface area contributed by atoms with Gasteiger partial charge in [0.2, 0.25) is 5.75 Å². The van der Waals surface area contributed by atoms with Crippen molar-refractivity contribution in [3.8, 4) is 5.75 Å². The normalized spacial score (nSPS) is 19.7. The van der Waals surface area contributed by atoms with Gasteiger partial charge in [0.1, 0.15) is 17.2 Å². The van der Waals surface area contributed by atoms with Crippen LogP contribution in [0.1, 0.15) is 61.2 Å². The molecule has 9 nitrogen and oxygen atoms in total. The summed E-state index contributed by atoms with van der Waals surface area (Å²) >= 11 is 0. The van der Waals surface area contributed by atoms with E-state index < -0.39 is 35.0 Å². The van der Waals surface area contributed by atoms with E-state index >= 15 is 0 Å². The molecular formula is C22H25FN4O5. The van der Waals surface area contributed by atoms with Crippen LogP contribution in [0.4, 0.5) is 9.18 Å². The number of hydrogen-bond acceptors (Lipinski definition) is 6. The zero-order valence-electron chi connectivity index (χ0n) is 18.3. The number of halogens is 1. The first-order chi connectivity index (χ1) is 15.0. The first-order valence-corrected chi connectivity index (χ1v) is 10.3. The molecule has 1 aromatic carbocycles. The number of hydrogen-bond donors (Lipinski definition) is 1. The monoisotopic (exact) mass is 444 g/mol. The van der Waals surface area contributed by atoms with E-state index in [2.05, 4.69) is 4.98 Å². The molecule has 2 aromatic rings. The molecule has 0 spiro atoms. The van der Waals surface area contributed by atoms with E-state index in [4.69, 9.17) is 4.74 Å². The van der Waals surface area contributed by atoms with Crippen LogP contribution >= 0.6 is 0 Å². The minimum absolute atomic E-state index is 0.140. The molecule has 1 aromatic heterocycles. The lowest BCUT2D eigenvalue weighted by Gasteiger charge is -2.33. The lowest BCUT2D eigenvalue weighted by molar-refractivity contribution is 0.0210. The SMILES string of the molecule is CN(C(=O)OC(C)(C)C)[C@@H]1CC2CN(Cc3ccc(F)cc3)C(=O)c3c(O)c(=O)nc1n32. The van der Waals surface area contributed by atoms with Crippen molar-refractivity contribution in [2.75, 3.05) is 13.6 Å². The first-order valence-electron chi connectivity index (χ1n) is 10.3. The van der Waals surface area contributed by atoms with Gasteiger partial charge in [-0.25, -0.2) is 9.18 Å². The van der Waals surface area contributed by atoms with Crippen LogP contribution in [-0.2, 0) is 11.3 Å². The average molecular weight is 444 g/mol. The fourth-order valence-electron chi connectivity index (χ4n) is 4.20.